The van der Waals surface area contributed by atoms with Crippen LogP contribution in [0.3, 0.4) is 0 Å². The van der Waals surface area contributed by atoms with Crippen molar-refractivity contribution in [2.24, 2.45) is 0 Å². The maximum atomic E-state index is 13.5. The minimum Gasteiger partial charge on any atom is -0.444 e. The largest absolute Gasteiger partial charge is 0.444 e. The molecule has 1 aromatic carbocycles. The van der Waals surface area contributed by atoms with Gasteiger partial charge in [0.2, 0.25) is 11.8 Å². The fraction of sp³-hybridized carbons (Fsp3) is 0.542. The van der Waals surface area contributed by atoms with Gasteiger partial charge in [-0.25, -0.2) is 4.79 Å². The van der Waals surface area contributed by atoms with E-state index in [0.717, 1.165) is 18.4 Å². The van der Waals surface area contributed by atoms with Gasteiger partial charge in [-0.3, -0.25) is 9.59 Å². The second-order valence-corrected chi connectivity index (χ2v) is 8.93. The summed E-state index contributed by atoms with van der Waals surface area (Å²) in [5.74, 6) is -0.674. The summed E-state index contributed by atoms with van der Waals surface area (Å²) < 4.78 is 5.28. The molecule has 2 N–H and O–H groups in total. The lowest BCUT2D eigenvalue weighted by Crippen LogP contribution is -2.54. The van der Waals surface area contributed by atoms with E-state index in [1.165, 1.54) is 4.90 Å². The summed E-state index contributed by atoms with van der Waals surface area (Å²) in [6, 6.07) is 5.60. The van der Waals surface area contributed by atoms with E-state index >= 15 is 0 Å². The third kappa shape index (κ3) is 8.57. The number of benzene rings is 1. The molecule has 178 valence electrons. The molecule has 32 heavy (non-hydrogen) atoms. The predicted molar refractivity (Wildman–Crippen MR) is 131 cm³/mol. The van der Waals surface area contributed by atoms with Crippen molar-refractivity contribution in [1.82, 2.24) is 15.5 Å². The average molecular weight is 464 g/mol. The summed E-state index contributed by atoms with van der Waals surface area (Å²) in [5, 5.41) is 5.51. The van der Waals surface area contributed by atoms with E-state index in [9.17, 15) is 14.4 Å². The van der Waals surface area contributed by atoms with Crippen LogP contribution in [0.5, 0.6) is 0 Å². The van der Waals surface area contributed by atoms with Gasteiger partial charge in [0.1, 0.15) is 17.7 Å². The Hall–Kier alpha value is -2.48. The monoisotopic (exact) mass is 463 g/mol. The van der Waals surface area contributed by atoms with Crippen molar-refractivity contribution in [2.75, 3.05) is 18.8 Å². The van der Waals surface area contributed by atoms with Gasteiger partial charge in [-0.2, -0.15) is 12.6 Å². The van der Waals surface area contributed by atoms with E-state index in [-0.39, 0.29) is 18.2 Å². The Morgan fingerprint density at radius 3 is 2.44 bits per heavy atom. The first-order valence-electron chi connectivity index (χ1n) is 10.9. The molecule has 0 bridgehead atoms. The lowest BCUT2D eigenvalue weighted by molar-refractivity contribution is -0.141. The first-order chi connectivity index (χ1) is 15.1. The summed E-state index contributed by atoms with van der Waals surface area (Å²) >= 11 is 4.26. The number of hydrogen-bond donors (Lipinski definition) is 3. The minimum absolute atomic E-state index is 0.0453. The van der Waals surface area contributed by atoms with Gasteiger partial charge >= 0.3 is 6.09 Å². The third-order valence-electron chi connectivity index (χ3n) is 4.65. The number of alkyl carbamates (subject to hydrolysis) is 1. The van der Waals surface area contributed by atoms with E-state index < -0.39 is 29.7 Å². The maximum absolute atomic E-state index is 13.5. The Kier molecular flexibility index (Phi) is 11.3. The summed E-state index contributed by atoms with van der Waals surface area (Å²) in [4.78, 5) is 40.4. The van der Waals surface area contributed by atoms with Crippen LogP contribution in [-0.2, 0) is 14.3 Å². The molecular formula is C24H37N3O4S. The lowest BCUT2D eigenvalue weighted by Gasteiger charge is -2.34. The van der Waals surface area contributed by atoms with Crippen molar-refractivity contribution in [2.45, 2.75) is 65.1 Å². The number of ether oxygens (including phenoxy) is 1. The van der Waals surface area contributed by atoms with Crippen molar-refractivity contribution in [3.8, 4) is 0 Å². The van der Waals surface area contributed by atoms with E-state index in [1.807, 2.05) is 38.1 Å². The fourth-order valence-corrected chi connectivity index (χ4v) is 3.37. The summed E-state index contributed by atoms with van der Waals surface area (Å²) in [7, 11) is 0. The molecule has 7 nitrogen and oxygen atoms in total. The highest BCUT2D eigenvalue weighted by Crippen LogP contribution is 2.25. The van der Waals surface area contributed by atoms with Gasteiger partial charge in [0.15, 0.2) is 0 Å². The van der Waals surface area contributed by atoms with E-state index in [4.69, 9.17) is 4.74 Å². The van der Waals surface area contributed by atoms with Crippen molar-refractivity contribution >= 4 is 30.5 Å². The summed E-state index contributed by atoms with van der Waals surface area (Å²) in [6.07, 6.45) is 2.61. The molecule has 0 aromatic heterocycles. The van der Waals surface area contributed by atoms with Crippen LogP contribution in [0.15, 0.2) is 36.9 Å². The maximum Gasteiger partial charge on any atom is 0.408 e. The summed E-state index contributed by atoms with van der Waals surface area (Å²) in [5.41, 5.74) is 0.886. The van der Waals surface area contributed by atoms with Gasteiger partial charge in [-0.1, -0.05) is 43.7 Å². The molecular weight excluding hydrogens is 426 g/mol. The second-order valence-electron chi connectivity index (χ2n) is 8.56. The predicted octanol–water partition coefficient (Wildman–Crippen LogP) is 3.79. The van der Waals surface area contributed by atoms with Crippen LogP contribution in [0.1, 0.15) is 57.7 Å². The number of thiol groups is 1. The quantitative estimate of drug-likeness (QED) is 0.265. The Labute approximate surface area is 197 Å². The second kappa shape index (κ2) is 13.2. The first-order valence-corrected chi connectivity index (χ1v) is 11.5. The van der Waals surface area contributed by atoms with Crippen LogP contribution in [0.2, 0.25) is 0 Å². The van der Waals surface area contributed by atoms with Crippen LogP contribution < -0.4 is 10.6 Å². The van der Waals surface area contributed by atoms with Gasteiger partial charge in [0.25, 0.3) is 0 Å². The van der Waals surface area contributed by atoms with Crippen molar-refractivity contribution in [1.29, 1.82) is 0 Å². The number of rotatable bonds is 11. The van der Waals surface area contributed by atoms with E-state index in [1.54, 1.807) is 26.8 Å². The van der Waals surface area contributed by atoms with Crippen LogP contribution in [0.25, 0.3) is 0 Å². The number of unbranched alkanes of at least 4 members (excludes halogenated alkanes) is 1. The van der Waals surface area contributed by atoms with Gasteiger partial charge in [-0.05, 0) is 45.2 Å². The molecule has 2 unspecified atom stereocenters. The Morgan fingerprint density at radius 2 is 1.91 bits per heavy atom. The molecule has 3 amide bonds. The standard InChI is InChI=1S/C24H37N3O4S/c1-7-9-14-25-21(28)20(18-13-11-10-12-17(18)3)27(15-8-2)22(29)19(16-32)26-23(30)31-24(4,5)6/h8,10-13,19-20,32H,2,7,9,14-16H2,1,3-6H3,(H,25,28)(H,26,30). The van der Waals surface area contributed by atoms with Gasteiger partial charge < -0.3 is 20.3 Å². The highest BCUT2D eigenvalue weighted by Gasteiger charge is 2.35. The van der Waals surface area contributed by atoms with Crippen molar-refractivity contribution in [3.63, 3.8) is 0 Å². The lowest BCUT2D eigenvalue weighted by atomic mass is 9.98. The highest BCUT2D eigenvalue weighted by molar-refractivity contribution is 7.80. The smallest absolute Gasteiger partial charge is 0.408 e. The molecule has 0 heterocycles. The molecule has 0 spiro atoms. The zero-order valence-electron chi connectivity index (χ0n) is 19.8. The first kappa shape index (κ1) is 27.6. The molecule has 1 rings (SSSR count). The highest BCUT2D eigenvalue weighted by atomic mass is 32.1. The number of carbonyl (C=O) groups excluding carboxylic acids is 3. The number of carbonyl (C=O) groups is 3. The molecule has 0 aliphatic heterocycles. The zero-order chi connectivity index (χ0) is 24.3. The molecule has 0 saturated heterocycles. The number of amides is 3. The molecule has 0 aliphatic carbocycles. The SMILES string of the molecule is C=CCN(C(=O)C(CS)NC(=O)OC(C)(C)C)C(C(=O)NCCCC)c1ccccc1C. The van der Waals surface area contributed by atoms with Crippen LogP contribution in [-0.4, -0.2) is 53.3 Å². The minimum atomic E-state index is -0.969. The average Bonchev–Trinajstić information content (AvgIpc) is 2.71. The van der Waals surface area contributed by atoms with Crippen LogP contribution in [0.4, 0.5) is 4.79 Å². The number of nitrogens with zero attached hydrogens (tertiary/aromatic N) is 1. The topological polar surface area (TPSA) is 87.7 Å². The van der Waals surface area contributed by atoms with Crippen molar-refractivity contribution in [3.05, 3.63) is 48.0 Å². The van der Waals surface area contributed by atoms with E-state index in [0.29, 0.717) is 12.1 Å². The number of nitrogens with one attached hydrogen (secondary N) is 2. The Morgan fingerprint density at radius 1 is 1.25 bits per heavy atom. The Bertz CT molecular complexity index is 792. The Balaban J connectivity index is 3.29. The number of hydrogen-bond acceptors (Lipinski definition) is 5. The molecule has 0 saturated carbocycles. The van der Waals surface area contributed by atoms with Gasteiger partial charge in [0.05, 0.1) is 0 Å². The third-order valence-corrected chi connectivity index (χ3v) is 5.02. The van der Waals surface area contributed by atoms with E-state index in [2.05, 4.69) is 29.8 Å². The fourth-order valence-electron chi connectivity index (χ4n) is 3.13. The van der Waals surface area contributed by atoms with Gasteiger partial charge in [-0.15, -0.1) is 6.58 Å². The molecule has 8 heteroatoms. The van der Waals surface area contributed by atoms with Crippen molar-refractivity contribution < 1.29 is 19.1 Å². The van der Waals surface area contributed by atoms with Crippen LogP contribution >= 0.6 is 12.6 Å². The normalized spacial score (nSPS) is 12.9. The number of aryl methyl sites for hydroxylation is 1. The molecule has 1 aromatic rings. The molecule has 0 fully saturated rings. The van der Waals surface area contributed by atoms with Crippen LogP contribution in [0, 0.1) is 6.92 Å². The van der Waals surface area contributed by atoms with Gasteiger partial charge in [0, 0.05) is 18.8 Å². The molecule has 0 aliphatic rings. The summed E-state index contributed by atoms with van der Waals surface area (Å²) in [6.45, 7) is 13.5. The zero-order valence-corrected chi connectivity index (χ0v) is 20.7. The molecule has 2 atom stereocenters. The molecule has 0 radical (unpaired) electrons.